The fraction of sp³-hybridized carbons (Fsp3) is 0.486. The van der Waals surface area contributed by atoms with Gasteiger partial charge in [-0.05, 0) is 48.2 Å². The summed E-state index contributed by atoms with van der Waals surface area (Å²) in [7, 11) is 0. The molecule has 0 amide bonds. The minimum Gasteiger partial charge on any atom is -0.493 e. The van der Waals surface area contributed by atoms with Gasteiger partial charge in [0.25, 0.3) is 0 Å². The highest BCUT2D eigenvalue weighted by molar-refractivity contribution is 5.75. The van der Waals surface area contributed by atoms with Gasteiger partial charge in [-0.15, -0.1) is 0 Å². The van der Waals surface area contributed by atoms with Crippen LogP contribution in [0.15, 0.2) is 72.8 Å². The summed E-state index contributed by atoms with van der Waals surface area (Å²) in [6, 6.07) is 16.3. The lowest BCUT2D eigenvalue weighted by atomic mass is 9.78. The summed E-state index contributed by atoms with van der Waals surface area (Å²) in [5.74, 6) is 0.857. The standard InChI is InChI=1S/C35H40O8/c1-35(2,23-5-9-25(10-6-23)38-17-3-19-40-33(36)29-21-27-13-15-31(29)42-27)24-7-11-26(12-8-24)39-18-4-20-41-34(37)30-22-28-14-16-32(30)43-28/h5-16,27-32H,3-4,17-22H2,1-2H3. The molecule has 6 unspecified atom stereocenters. The molecule has 0 saturated carbocycles. The third kappa shape index (κ3) is 6.81. The SMILES string of the molecule is CC(C)(c1ccc(OCCCOC(=O)C2CC3C=CC2O3)cc1)c1ccc(OCCCOC(=O)C2CC3C=CC2O3)cc1. The maximum absolute atomic E-state index is 12.3. The molecule has 2 fully saturated rings. The molecule has 0 aromatic heterocycles. The largest absolute Gasteiger partial charge is 0.493 e. The van der Waals surface area contributed by atoms with Gasteiger partial charge in [0, 0.05) is 18.3 Å². The molecule has 6 atom stereocenters. The zero-order valence-corrected chi connectivity index (χ0v) is 24.8. The molecule has 228 valence electrons. The Morgan fingerprint density at radius 3 is 1.42 bits per heavy atom. The van der Waals surface area contributed by atoms with Gasteiger partial charge in [-0.1, -0.05) is 62.4 Å². The number of rotatable bonds is 14. The Balaban J connectivity index is 0.882. The Kier molecular flexibility index (Phi) is 8.86. The summed E-state index contributed by atoms with van der Waals surface area (Å²) in [5.41, 5.74) is 2.13. The van der Waals surface area contributed by atoms with E-state index in [0.717, 1.165) is 11.5 Å². The minimum atomic E-state index is -0.212. The van der Waals surface area contributed by atoms with E-state index in [-0.39, 0.29) is 53.6 Å². The zero-order chi connectivity index (χ0) is 29.8. The molecular weight excluding hydrogens is 548 g/mol. The summed E-state index contributed by atoms with van der Waals surface area (Å²) >= 11 is 0. The second-order valence-electron chi connectivity index (χ2n) is 12.1. The number of esters is 2. The van der Waals surface area contributed by atoms with Crippen LogP contribution in [-0.4, -0.2) is 62.8 Å². The van der Waals surface area contributed by atoms with Crippen LogP contribution in [0.5, 0.6) is 11.5 Å². The van der Waals surface area contributed by atoms with Crippen LogP contribution in [0.2, 0.25) is 0 Å². The summed E-state index contributed by atoms with van der Waals surface area (Å²) in [4.78, 5) is 24.6. The molecule has 2 aromatic rings. The quantitative estimate of drug-likeness (QED) is 0.166. The highest BCUT2D eigenvalue weighted by atomic mass is 16.6. The van der Waals surface area contributed by atoms with Gasteiger partial charge in [-0.2, -0.15) is 0 Å². The number of hydrogen-bond acceptors (Lipinski definition) is 8. The van der Waals surface area contributed by atoms with Crippen LogP contribution >= 0.6 is 0 Å². The van der Waals surface area contributed by atoms with E-state index >= 15 is 0 Å². The molecule has 4 aliphatic heterocycles. The van der Waals surface area contributed by atoms with Crippen LogP contribution in [0, 0.1) is 11.8 Å². The van der Waals surface area contributed by atoms with Gasteiger partial charge >= 0.3 is 11.9 Å². The molecule has 0 aliphatic carbocycles. The van der Waals surface area contributed by atoms with Crippen molar-refractivity contribution in [2.75, 3.05) is 26.4 Å². The van der Waals surface area contributed by atoms with Gasteiger partial charge in [-0.3, -0.25) is 9.59 Å². The Morgan fingerprint density at radius 2 is 1.07 bits per heavy atom. The van der Waals surface area contributed by atoms with E-state index in [1.807, 2.05) is 48.6 Å². The third-order valence-corrected chi connectivity index (χ3v) is 8.82. The minimum absolute atomic E-state index is 0.0684. The van der Waals surface area contributed by atoms with Crippen molar-refractivity contribution >= 4 is 11.9 Å². The van der Waals surface area contributed by atoms with Crippen molar-refractivity contribution in [3.8, 4) is 11.5 Å². The average molecular weight is 589 g/mol. The molecule has 0 spiro atoms. The molecule has 2 saturated heterocycles. The highest BCUT2D eigenvalue weighted by Gasteiger charge is 2.42. The Morgan fingerprint density at radius 1 is 0.651 bits per heavy atom. The first-order chi connectivity index (χ1) is 20.9. The predicted molar refractivity (Wildman–Crippen MR) is 159 cm³/mol. The summed E-state index contributed by atoms with van der Waals surface area (Å²) in [6.45, 7) is 6.00. The van der Waals surface area contributed by atoms with E-state index < -0.39 is 0 Å². The van der Waals surface area contributed by atoms with Crippen LogP contribution in [0.1, 0.15) is 50.7 Å². The Bertz CT molecular complexity index is 1230. The molecule has 2 aromatic carbocycles. The number of carbonyl (C=O) groups excluding carboxylic acids is 2. The molecule has 0 radical (unpaired) electrons. The van der Waals surface area contributed by atoms with Crippen LogP contribution in [0.4, 0.5) is 0 Å². The fourth-order valence-electron chi connectivity index (χ4n) is 6.17. The van der Waals surface area contributed by atoms with E-state index in [1.54, 1.807) is 0 Å². The number of benzene rings is 2. The Labute approximate surface area is 252 Å². The van der Waals surface area contributed by atoms with Crippen molar-refractivity contribution in [3.63, 3.8) is 0 Å². The molecule has 43 heavy (non-hydrogen) atoms. The first kappa shape index (κ1) is 29.5. The lowest BCUT2D eigenvalue weighted by molar-refractivity contribution is -0.150. The lowest BCUT2D eigenvalue weighted by Crippen LogP contribution is -2.25. The van der Waals surface area contributed by atoms with Crippen LogP contribution in [-0.2, 0) is 34.0 Å². The zero-order valence-electron chi connectivity index (χ0n) is 24.8. The van der Waals surface area contributed by atoms with Gasteiger partial charge < -0.3 is 28.4 Å². The van der Waals surface area contributed by atoms with E-state index in [0.29, 0.717) is 52.1 Å². The molecule has 6 rings (SSSR count). The van der Waals surface area contributed by atoms with Gasteiger partial charge in [0.2, 0.25) is 0 Å². The molecular formula is C35H40O8. The van der Waals surface area contributed by atoms with Crippen molar-refractivity contribution < 1.29 is 38.0 Å². The third-order valence-electron chi connectivity index (χ3n) is 8.82. The van der Waals surface area contributed by atoms with Crippen LogP contribution in [0.3, 0.4) is 0 Å². The second kappa shape index (κ2) is 12.9. The number of hydrogen-bond donors (Lipinski definition) is 0. The summed E-state index contributed by atoms with van der Waals surface area (Å²) in [6.07, 6.45) is 10.5. The number of carbonyl (C=O) groups is 2. The number of ether oxygens (including phenoxy) is 6. The Hall–Kier alpha value is -3.62. The maximum atomic E-state index is 12.3. The van der Waals surface area contributed by atoms with E-state index in [4.69, 9.17) is 28.4 Å². The molecule has 0 N–H and O–H groups in total. The lowest BCUT2D eigenvalue weighted by Gasteiger charge is -2.26. The van der Waals surface area contributed by atoms with E-state index in [1.165, 1.54) is 11.1 Å². The summed E-state index contributed by atoms with van der Waals surface area (Å²) in [5, 5.41) is 0. The van der Waals surface area contributed by atoms with Gasteiger partial charge in [-0.25, -0.2) is 0 Å². The molecule has 4 aliphatic rings. The topological polar surface area (TPSA) is 89.5 Å². The monoisotopic (exact) mass is 588 g/mol. The van der Waals surface area contributed by atoms with E-state index in [2.05, 4.69) is 38.1 Å². The highest BCUT2D eigenvalue weighted by Crippen LogP contribution is 2.36. The first-order valence-corrected chi connectivity index (χ1v) is 15.3. The van der Waals surface area contributed by atoms with E-state index in [9.17, 15) is 9.59 Å². The van der Waals surface area contributed by atoms with Crippen molar-refractivity contribution in [1.29, 1.82) is 0 Å². The van der Waals surface area contributed by atoms with Crippen molar-refractivity contribution in [3.05, 3.63) is 84.0 Å². The van der Waals surface area contributed by atoms with Crippen LogP contribution < -0.4 is 9.47 Å². The smallest absolute Gasteiger partial charge is 0.312 e. The van der Waals surface area contributed by atoms with Crippen molar-refractivity contribution in [2.45, 2.75) is 69.4 Å². The molecule has 8 nitrogen and oxygen atoms in total. The van der Waals surface area contributed by atoms with Crippen LogP contribution in [0.25, 0.3) is 0 Å². The number of fused-ring (bicyclic) bond motifs is 4. The average Bonchev–Trinajstić information content (AvgIpc) is 3.84. The van der Waals surface area contributed by atoms with Crippen molar-refractivity contribution in [2.24, 2.45) is 11.8 Å². The predicted octanol–water partition coefficient (Wildman–Crippen LogP) is 5.32. The molecule has 4 heterocycles. The van der Waals surface area contributed by atoms with Gasteiger partial charge in [0.1, 0.15) is 11.5 Å². The maximum Gasteiger partial charge on any atom is 0.312 e. The molecule has 4 bridgehead atoms. The summed E-state index contributed by atoms with van der Waals surface area (Å²) < 4.78 is 33.9. The fourth-order valence-corrected chi connectivity index (χ4v) is 6.17. The van der Waals surface area contributed by atoms with Crippen molar-refractivity contribution in [1.82, 2.24) is 0 Å². The molecule has 8 heteroatoms. The van der Waals surface area contributed by atoms with Gasteiger partial charge in [0.15, 0.2) is 0 Å². The first-order valence-electron chi connectivity index (χ1n) is 15.3. The second-order valence-corrected chi connectivity index (χ2v) is 12.1. The normalized spacial score (nSPS) is 26.6. The van der Waals surface area contributed by atoms with Gasteiger partial charge in [0.05, 0.1) is 62.7 Å².